The average molecular weight is 374 g/mol. The first-order valence-corrected chi connectivity index (χ1v) is 10.5. The monoisotopic (exact) mass is 373 g/mol. The number of carbonyl (C=O) groups excluding carboxylic acids is 1. The Bertz CT molecular complexity index is 595. The lowest BCUT2D eigenvalue weighted by molar-refractivity contribution is -0.120. The van der Waals surface area contributed by atoms with E-state index in [0.717, 1.165) is 36.4 Å². The van der Waals surface area contributed by atoms with Gasteiger partial charge in [-0.05, 0) is 37.8 Å². The van der Waals surface area contributed by atoms with Gasteiger partial charge >= 0.3 is 0 Å². The Morgan fingerprint density at radius 1 is 1.04 bits per heavy atom. The summed E-state index contributed by atoms with van der Waals surface area (Å²) in [5.74, 6) is 0.572. The molecule has 2 aliphatic rings. The van der Waals surface area contributed by atoms with Crippen LogP contribution in [0.3, 0.4) is 0 Å². The fraction of sp³-hybridized carbons (Fsp3) is 0.619. The summed E-state index contributed by atoms with van der Waals surface area (Å²) in [6.07, 6.45) is 10.7. The lowest BCUT2D eigenvalue weighted by Gasteiger charge is -2.36. The Balaban J connectivity index is 1.74. The molecule has 2 fully saturated rings. The number of anilines is 1. The molecule has 0 radical (unpaired) electrons. The zero-order valence-corrected chi connectivity index (χ0v) is 16.6. The quantitative estimate of drug-likeness (QED) is 0.595. The molecule has 26 heavy (non-hydrogen) atoms. The highest BCUT2D eigenvalue weighted by molar-refractivity contribution is 7.80. The van der Waals surface area contributed by atoms with Crippen LogP contribution in [0, 0.1) is 5.92 Å². The summed E-state index contributed by atoms with van der Waals surface area (Å²) in [6, 6.07) is 10.4. The molecular formula is C21H31N3OS. The molecule has 0 aliphatic heterocycles. The van der Waals surface area contributed by atoms with Crippen molar-refractivity contribution in [2.75, 3.05) is 18.5 Å². The normalized spacial score (nSPS) is 18.7. The summed E-state index contributed by atoms with van der Waals surface area (Å²) in [7, 11) is 1.86. The predicted octanol–water partition coefficient (Wildman–Crippen LogP) is 4.31. The molecule has 142 valence electrons. The summed E-state index contributed by atoms with van der Waals surface area (Å²) in [5, 5.41) is 1.90. The van der Waals surface area contributed by atoms with Crippen LogP contribution in [0.4, 0.5) is 5.69 Å². The van der Waals surface area contributed by atoms with Gasteiger partial charge in [0.05, 0.1) is 4.99 Å². The standard InChI is InChI=1S/C21H31N3OS/c1-22-23(21(26)17-10-8-9-11-17)16-20(25)24(18-12-4-2-5-13-18)19-14-6-3-7-15-19/h2,4-5,12-13,17,19,22H,3,6-11,14-16H2,1H3. The van der Waals surface area contributed by atoms with Gasteiger partial charge in [0.25, 0.3) is 0 Å². The number of nitrogens with zero attached hydrogens (tertiary/aromatic N) is 2. The van der Waals surface area contributed by atoms with E-state index < -0.39 is 0 Å². The van der Waals surface area contributed by atoms with Crippen molar-refractivity contribution in [3.8, 4) is 0 Å². The third-order valence-corrected chi connectivity index (χ3v) is 6.33. The van der Waals surface area contributed by atoms with Crippen LogP contribution in [-0.4, -0.2) is 35.5 Å². The lowest BCUT2D eigenvalue weighted by Crippen LogP contribution is -2.51. The van der Waals surface area contributed by atoms with Crippen molar-refractivity contribution >= 4 is 28.8 Å². The van der Waals surface area contributed by atoms with Gasteiger partial charge in [-0.3, -0.25) is 9.80 Å². The molecule has 4 nitrogen and oxygen atoms in total. The highest BCUT2D eigenvalue weighted by Gasteiger charge is 2.30. The van der Waals surface area contributed by atoms with Gasteiger partial charge in [-0.15, -0.1) is 0 Å². The number of hydrazine groups is 1. The number of hydrogen-bond donors (Lipinski definition) is 1. The van der Waals surface area contributed by atoms with Crippen molar-refractivity contribution in [2.45, 2.75) is 63.8 Å². The van der Waals surface area contributed by atoms with E-state index in [9.17, 15) is 4.79 Å². The maximum atomic E-state index is 13.3. The molecule has 0 spiro atoms. The van der Waals surface area contributed by atoms with Gasteiger partial charge in [-0.1, -0.05) is 62.5 Å². The Labute approximate surface area is 162 Å². The number of amides is 1. The summed E-state index contributed by atoms with van der Waals surface area (Å²) >= 11 is 5.71. The highest BCUT2D eigenvalue weighted by Crippen LogP contribution is 2.29. The van der Waals surface area contributed by atoms with E-state index in [1.54, 1.807) is 0 Å². The molecule has 5 heteroatoms. The number of hydrogen-bond acceptors (Lipinski definition) is 3. The molecule has 1 N–H and O–H groups in total. The molecule has 0 atom stereocenters. The first-order valence-electron chi connectivity index (χ1n) is 10.1. The largest absolute Gasteiger partial charge is 0.308 e. The van der Waals surface area contributed by atoms with Crippen molar-refractivity contribution in [3.63, 3.8) is 0 Å². The van der Waals surface area contributed by atoms with Gasteiger partial charge in [-0.2, -0.15) is 0 Å². The number of nitrogens with one attached hydrogen (secondary N) is 1. The Morgan fingerprint density at radius 2 is 1.65 bits per heavy atom. The first kappa shape index (κ1) is 19.3. The smallest absolute Gasteiger partial charge is 0.248 e. The second kappa shape index (κ2) is 9.47. The highest BCUT2D eigenvalue weighted by atomic mass is 32.1. The van der Waals surface area contributed by atoms with Gasteiger partial charge in [-0.25, -0.2) is 5.43 Å². The molecule has 0 aromatic heterocycles. The molecular weight excluding hydrogens is 342 g/mol. The zero-order valence-electron chi connectivity index (χ0n) is 15.8. The van der Waals surface area contributed by atoms with Crippen LogP contribution in [0.25, 0.3) is 0 Å². The van der Waals surface area contributed by atoms with Crippen LogP contribution in [0.5, 0.6) is 0 Å². The van der Waals surface area contributed by atoms with Crippen molar-refractivity contribution in [2.24, 2.45) is 5.92 Å². The third kappa shape index (κ3) is 4.63. The average Bonchev–Trinajstić information content (AvgIpc) is 3.22. The molecule has 1 aromatic carbocycles. The van der Waals surface area contributed by atoms with Crippen LogP contribution in [0.15, 0.2) is 30.3 Å². The molecule has 2 aliphatic carbocycles. The summed E-state index contributed by atoms with van der Waals surface area (Å²) in [6.45, 7) is 0.303. The first-order chi connectivity index (χ1) is 12.7. The minimum absolute atomic E-state index is 0.137. The van der Waals surface area contributed by atoms with Crippen molar-refractivity contribution in [1.29, 1.82) is 0 Å². The van der Waals surface area contributed by atoms with E-state index in [4.69, 9.17) is 12.2 Å². The molecule has 3 rings (SSSR count). The third-order valence-electron chi connectivity index (χ3n) is 5.78. The lowest BCUT2D eigenvalue weighted by atomic mass is 9.93. The van der Waals surface area contributed by atoms with Crippen LogP contribution in [-0.2, 0) is 4.79 Å². The Kier molecular flexibility index (Phi) is 7.03. The molecule has 1 amide bonds. The van der Waals surface area contributed by atoms with E-state index >= 15 is 0 Å². The fourth-order valence-electron chi connectivity index (χ4n) is 4.36. The molecule has 0 saturated heterocycles. The van der Waals surface area contributed by atoms with Crippen molar-refractivity contribution < 1.29 is 4.79 Å². The number of carbonyl (C=O) groups is 1. The van der Waals surface area contributed by atoms with Gasteiger partial charge in [0.1, 0.15) is 6.54 Å². The zero-order chi connectivity index (χ0) is 18.4. The molecule has 1 aromatic rings. The minimum atomic E-state index is 0.137. The van der Waals surface area contributed by atoms with Crippen LogP contribution in [0.2, 0.25) is 0 Å². The SMILES string of the molecule is CNN(CC(=O)N(c1ccccc1)C1CCCCC1)C(=S)C1CCCC1. The molecule has 0 heterocycles. The van der Waals surface area contributed by atoms with E-state index in [0.29, 0.717) is 18.5 Å². The van der Waals surface area contributed by atoms with Gasteiger partial charge in [0, 0.05) is 24.7 Å². The Morgan fingerprint density at radius 3 is 2.27 bits per heavy atom. The molecule has 2 saturated carbocycles. The molecule has 0 bridgehead atoms. The summed E-state index contributed by atoms with van der Waals surface area (Å²) in [4.78, 5) is 16.2. The number of benzene rings is 1. The van der Waals surface area contributed by atoms with Crippen LogP contribution >= 0.6 is 12.2 Å². The number of thiocarbonyl (C=S) groups is 1. The fourth-order valence-corrected chi connectivity index (χ4v) is 4.75. The second-order valence-electron chi connectivity index (χ2n) is 7.52. The summed E-state index contributed by atoms with van der Waals surface area (Å²) < 4.78 is 0. The second-order valence-corrected chi connectivity index (χ2v) is 7.94. The maximum absolute atomic E-state index is 13.3. The Hall–Kier alpha value is -1.46. The van der Waals surface area contributed by atoms with Gasteiger partial charge < -0.3 is 4.90 Å². The number of rotatable bonds is 6. The van der Waals surface area contributed by atoms with Crippen molar-refractivity contribution in [1.82, 2.24) is 10.4 Å². The predicted molar refractivity (Wildman–Crippen MR) is 111 cm³/mol. The van der Waals surface area contributed by atoms with Crippen LogP contribution in [0.1, 0.15) is 57.8 Å². The van der Waals surface area contributed by atoms with E-state index in [1.165, 1.54) is 32.1 Å². The van der Waals surface area contributed by atoms with E-state index in [1.807, 2.05) is 47.3 Å². The van der Waals surface area contributed by atoms with E-state index in [-0.39, 0.29) is 5.91 Å². The van der Waals surface area contributed by atoms with E-state index in [2.05, 4.69) is 5.43 Å². The van der Waals surface area contributed by atoms with Crippen molar-refractivity contribution in [3.05, 3.63) is 30.3 Å². The minimum Gasteiger partial charge on any atom is -0.308 e. The maximum Gasteiger partial charge on any atom is 0.248 e. The molecule has 0 unspecified atom stereocenters. The van der Waals surface area contributed by atoms with Gasteiger partial charge in [0.2, 0.25) is 5.91 Å². The van der Waals surface area contributed by atoms with Gasteiger partial charge in [0.15, 0.2) is 0 Å². The van der Waals surface area contributed by atoms with Crippen LogP contribution < -0.4 is 10.3 Å². The number of para-hydroxylation sites is 1. The topological polar surface area (TPSA) is 35.6 Å². The summed E-state index contributed by atoms with van der Waals surface area (Å²) in [5.41, 5.74) is 4.17.